The predicted octanol–water partition coefficient (Wildman–Crippen LogP) is 4.30. The summed E-state index contributed by atoms with van der Waals surface area (Å²) >= 11 is 1.74. The average molecular weight is 340 g/mol. The highest BCUT2D eigenvalue weighted by molar-refractivity contribution is 7.22. The third-order valence-corrected chi connectivity index (χ3v) is 5.07. The number of ether oxygens (including phenoxy) is 1. The second-order valence-corrected chi connectivity index (χ2v) is 6.89. The van der Waals surface area contributed by atoms with Gasteiger partial charge in [-0.15, -0.1) is 11.3 Å². The fraction of sp³-hybridized carbons (Fsp3) is 0.278. The number of anilines is 1. The zero-order valence-electron chi connectivity index (χ0n) is 14.2. The first-order valence-electron chi connectivity index (χ1n) is 8.12. The van der Waals surface area contributed by atoms with Crippen LogP contribution in [0.15, 0.2) is 42.6 Å². The third-order valence-electron chi connectivity index (χ3n) is 3.92. The minimum absolute atomic E-state index is 0.561. The van der Waals surface area contributed by atoms with Gasteiger partial charge < -0.3 is 14.6 Å². The van der Waals surface area contributed by atoms with E-state index in [9.17, 15) is 5.02 Å². The van der Waals surface area contributed by atoms with Crippen LogP contribution in [0.1, 0.15) is 13.3 Å². The van der Waals surface area contributed by atoms with Crippen molar-refractivity contribution in [1.82, 2.24) is 4.98 Å². The number of aromatic nitrogens is 1. The molecule has 0 fully saturated rings. The van der Waals surface area contributed by atoms with E-state index in [4.69, 9.17) is 4.74 Å². The molecular formula is C18H21BN2O2S. The smallest absolute Gasteiger partial charge is 0.410 e. The molecule has 0 unspecified atom stereocenters. The van der Waals surface area contributed by atoms with E-state index >= 15 is 0 Å². The highest BCUT2D eigenvalue weighted by Gasteiger charge is 2.13. The summed E-state index contributed by atoms with van der Waals surface area (Å²) in [6.45, 7) is 4.57. The molecule has 24 heavy (non-hydrogen) atoms. The van der Waals surface area contributed by atoms with Crippen molar-refractivity contribution in [3.8, 4) is 16.2 Å². The quantitative estimate of drug-likeness (QED) is 0.680. The molecule has 0 saturated heterocycles. The van der Waals surface area contributed by atoms with Gasteiger partial charge in [0, 0.05) is 21.3 Å². The molecule has 1 N–H and O–H groups in total. The minimum atomic E-state index is -0.561. The Kier molecular flexibility index (Phi) is 5.07. The third kappa shape index (κ3) is 3.55. The van der Waals surface area contributed by atoms with Crippen molar-refractivity contribution in [2.75, 3.05) is 18.5 Å². The number of hydrogen-bond acceptors (Lipinski definition) is 5. The van der Waals surface area contributed by atoms with Gasteiger partial charge in [-0.2, -0.15) is 0 Å². The standard InChI is InChI=1S/C18H21BN2O2S/c1-4-9-23-15-7-5-13-10-16(24-17(13)11-15)14-6-8-18(20-12-14)21(3)19(2)22/h5-8,10-12,22H,4,9H2,1-3H3. The molecule has 0 saturated carbocycles. The van der Waals surface area contributed by atoms with Crippen LogP contribution in [-0.4, -0.2) is 30.7 Å². The Morgan fingerprint density at radius 3 is 2.75 bits per heavy atom. The first kappa shape index (κ1) is 16.8. The molecular weight excluding hydrogens is 319 g/mol. The van der Waals surface area contributed by atoms with Gasteiger partial charge in [0.2, 0.25) is 0 Å². The summed E-state index contributed by atoms with van der Waals surface area (Å²) in [5.74, 6) is 1.68. The molecule has 6 heteroatoms. The largest absolute Gasteiger partial charge is 0.494 e. The van der Waals surface area contributed by atoms with E-state index in [0.717, 1.165) is 30.2 Å². The molecule has 0 aliphatic carbocycles. The maximum atomic E-state index is 9.62. The molecule has 0 bridgehead atoms. The number of thiophene rings is 1. The summed E-state index contributed by atoms with van der Waals surface area (Å²) in [7, 11) is 1.26. The molecule has 4 nitrogen and oxygen atoms in total. The predicted molar refractivity (Wildman–Crippen MR) is 103 cm³/mol. The van der Waals surface area contributed by atoms with Crippen molar-refractivity contribution >= 4 is 34.3 Å². The molecule has 3 aromatic rings. The lowest BCUT2D eigenvalue weighted by Crippen LogP contribution is -2.33. The number of nitrogens with zero attached hydrogens (tertiary/aromatic N) is 2. The topological polar surface area (TPSA) is 45.6 Å². The highest BCUT2D eigenvalue weighted by Crippen LogP contribution is 2.35. The van der Waals surface area contributed by atoms with E-state index in [1.54, 1.807) is 23.0 Å². The van der Waals surface area contributed by atoms with Gasteiger partial charge in [-0.3, -0.25) is 0 Å². The monoisotopic (exact) mass is 340 g/mol. The Morgan fingerprint density at radius 2 is 2.08 bits per heavy atom. The van der Waals surface area contributed by atoms with Crippen molar-refractivity contribution in [1.29, 1.82) is 0 Å². The summed E-state index contributed by atoms with van der Waals surface area (Å²) in [5.41, 5.74) is 1.08. The van der Waals surface area contributed by atoms with Crippen LogP contribution in [0.3, 0.4) is 0 Å². The maximum absolute atomic E-state index is 9.62. The fourth-order valence-electron chi connectivity index (χ4n) is 2.40. The van der Waals surface area contributed by atoms with Crippen LogP contribution in [0.25, 0.3) is 20.5 Å². The lowest BCUT2D eigenvalue weighted by Gasteiger charge is -2.18. The number of hydrogen-bond donors (Lipinski definition) is 1. The van der Waals surface area contributed by atoms with Crippen molar-refractivity contribution in [3.63, 3.8) is 0 Å². The van der Waals surface area contributed by atoms with Crippen molar-refractivity contribution in [2.24, 2.45) is 0 Å². The minimum Gasteiger partial charge on any atom is -0.494 e. The van der Waals surface area contributed by atoms with Crippen LogP contribution in [-0.2, 0) is 0 Å². The number of fused-ring (bicyclic) bond motifs is 1. The van der Waals surface area contributed by atoms with Crippen molar-refractivity contribution < 1.29 is 9.76 Å². The number of rotatable bonds is 6. The SMILES string of the molecule is CCCOc1ccc2cc(-c3ccc(N(C)B(C)O)nc3)sc2c1. The summed E-state index contributed by atoms with van der Waals surface area (Å²) < 4.78 is 6.92. The molecule has 3 rings (SSSR count). The Bertz CT molecular complexity index is 818. The summed E-state index contributed by atoms with van der Waals surface area (Å²) in [4.78, 5) is 7.36. The normalized spacial score (nSPS) is 10.8. The summed E-state index contributed by atoms with van der Waals surface area (Å²) in [5, 5.41) is 10.8. The second-order valence-electron chi connectivity index (χ2n) is 5.81. The maximum Gasteiger partial charge on any atom is 0.410 e. The molecule has 1 aromatic carbocycles. The molecule has 124 valence electrons. The molecule has 0 atom stereocenters. The Morgan fingerprint density at radius 1 is 1.25 bits per heavy atom. The van der Waals surface area contributed by atoms with Gasteiger partial charge in [-0.25, -0.2) is 4.98 Å². The zero-order valence-corrected chi connectivity index (χ0v) is 15.0. The van der Waals surface area contributed by atoms with Gasteiger partial charge in [0.25, 0.3) is 0 Å². The Balaban J connectivity index is 1.86. The van der Waals surface area contributed by atoms with E-state index in [2.05, 4.69) is 30.1 Å². The van der Waals surface area contributed by atoms with Crippen LogP contribution in [0.2, 0.25) is 6.82 Å². The van der Waals surface area contributed by atoms with Gasteiger partial charge in [-0.1, -0.05) is 6.92 Å². The van der Waals surface area contributed by atoms with E-state index in [1.165, 1.54) is 15.0 Å². The van der Waals surface area contributed by atoms with Gasteiger partial charge in [0.1, 0.15) is 11.6 Å². The number of benzene rings is 1. The molecule has 2 aromatic heterocycles. The lowest BCUT2D eigenvalue weighted by atomic mass is 9.86. The summed E-state index contributed by atoms with van der Waals surface area (Å²) in [6, 6.07) is 12.4. The molecule has 0 aliphatic heterocycles. The van der Waals surface area contributed by atoms with Crippen molar-refractivity contribution in [3.05, 3.63) is 42.6 Å². The molecule has 0 spiro atoms. The zero-order chi connectivity index (χ0) is 17.1. The van der Waals surface area contributed by atoms with Crippen LogP contribution in [0, 0.1) is 0 Å². The number of pyridine rings is 1. The van der Waals surface area contributed by atoms with Crippen LogP contribution in [0.5, 0.6) is 5.75 Å². The lowest BCUT2D eigenvalue weighted by molar-refractivity contribution is 0.318. The molecule has 0 radical (unpaired) electrons. The molecule has 0 aliphatic rings. The van der Waals surface area contributed by atoms with Crippen LogP contribution in [0.4, 0.5) is 5.82 Å². The first-order chi connectivity index (χ1) is 11.6. The first-order valence-corrected chi connectivity index (χ1v) is 8.94. The van der Waals surface area contributed by atoms with E-state index < -0.39 is 7.05 Å². The molecule has 2 heterocycles. The Hall–Kier alpha value is -2.05. The van der Waals surface area contributed by atoms with Gasteiger partial charge in [-0.05, 0) is 62.1 Å². The average Bonchev–Trinajstić information content (AvgIpc) is 3.02. The van der Waals surface area contributed by atoms with Gasteiger partial charge in [0.15, 0.2) is 0 Å². The van der Waals surface area contributed by atoms with Crippen LogP contribution < -0.4 is 9.55 Å². The van der Waals surface area contributed by atoms with E-state index in [1.807, 2.05) is 31.4 Å². The Labute approximate surface area is 146 Å². The summed E-state index contributed by atoms with van der Waals surface area (Å²) in [6.07, 6.45) is 2.86. The van der Waals surface area contributed by atoms with Crippen LogP contribution >= 0.6 is 11.3 Å². The van der Waals surface area contributed by atoms with Gasteiger partial charge in [0.05, 0.1) is 6.61 Å². The fourth-order valence-corrected chi connectivity index (χ4v) is 3.48. The van der Waals surface area contributed by atoms with E-state index in [-0.39, 0.29) is 0 Å². The second kappa shape index (κ2) is 7.24. The van der Waals surface area contributed by atoms with E-state index in [0.29, 0.717) is 0 Å². The highest BCUT2D eigenvalue weighted by atomic mass is 32.1. The van der Waals surface area contributed by atoms with Gasteiger partial charge >= 0.3 is 7.05 Å². The molecule has 0 amide bonds. The van der Waals surface area contributed by atoms with Crippen molar-refractivity contribution in [2.45, 2.75) is 20.2 Å².